The summed E-state index contributed by atoms with van der Waals surface area (Å²) in [5.41, 5.74) is 0.191. The molecule has 2 N–H and O–H groups in total. The van der Waals surface area contributed by atoms with Crippen molar-refractivity contribution in [3.63, 3.8) is 0 Å². The molecule has 0 radical (unpaired) electrons. The molecule has 5 heteroatoms. The summed E-state index contributed by atoms with van der Waals surface area (Å²) in [4.78, 5) is 11.8. The lowest BCUT2D eigenvalue weighted by Gasteiger charge is -2.29. The number of aliphatic hydroxyl groups excluding tert-OH is 1. The molecule has 0 aliphatic rings. The summed E-state index contributed by atoms with van der Waals surface area (Å²) in [5.74, 6) is -0.190. The molecule has 0 saturated carbocycles. The Kier molecular flexibility index (Phi) is 4.69. The van der Waals surface area contributed by atoms with Crippen LogP contribution in [0.15, 0.2) is 12.3 Å². The van der Waals surface area contributed by atoms with Crippen LogP contribution in [0.1, 0.15) is 37.2 Å². The molecule has 0 aromatic carbocycles. The standard InChI is InChI=1S/C12H21N3O2/c1-4-12(5-2,9-16)8-13-11(17)10-6-7-15(3)14-10/h6-7,16H,4-5,8-9H2,1-3H3,(H,13,17). The van der Waals surface area contributed by atoms with Crippen LogP contribution in [0.25, 0.3) is 0 Å². The molecule has 0 atom stereocenters. The first kappa shape index (κ1) is 13.7. The van der Waals surface area contributed by atoms with E-state index in [9.17, 15) is 9.90 Å². The van der Waals surface area contributed by atoms with Gasteiger partial charge in [-0.25, -0.2) is 0 Å². The largest absolute Gasteiger partial charge is 0.396 e. The van der Waals surface area contributed by atoms with E-state index in [4.69, 9.17) is 0 Å². The van der Waals surface area contributed by atoms with Crippen molar-refractivity contribution in [3.05, 3.63) is 18.0 Å². The van der Waals surface area contributed by atoms with E-state index in [-0.39, 0.29) is 17.9 Å². The van der Waals surface area contributed by atoms with Crippen molar-refractivity contribution in [1.29, 1.82) is 0 Å². The zero-order valence-electron chi connectivity index (χ0n) is 10.7. The molecular formula is C12H21N3O2. The second-order valence-electron chi connectivity index (χ2n) is 4.42. The van der Waals surface area contributed by atoms with Crippen molar-refractivity contribution in [1.82, 2.24) is 15.1 Å². The van der Waals surface area contributed by atoms with E-state index in [2.05, 4.69) is 10.4 Å². The fourth-order valence-corrected chi connectivity index (χ4v) is 1.67. The third-order valence-corrected chi connectivity index (χ3v) is 3.41. The van der Waals surface area contributed by atoms with Gasteiger partial charge in [0.05, 0.1) is 6.61 Å². The molecule has 0 spiro atoms. The molecule has 0 bridgehead atoms. The topological polar surface area (TPSA) is 67.2 Å². The van der Waals surface area contributed by atoms with Gasteiger partial charge in [-0.3, -0.25) is 9.48 Å². The van der Waals surface area contributed by atoms with Gasteiger partial charge in [-0.05, 0) is 18.9 Å². The number of carbonyl (C=O) groups is 1. The van der Waals surface area contributed by atoms with E-state index in [1.165, 1.54) is 0 Å². The van der Waals surface area contributed by atoms with Crippen LogP contribution >= 0.6 is 0 Å². The zero-order chi connectivity index (χ0) is 12.9. The van der Waals surface area contributed by atoms with Crippen molar-refractivity contribution in [2.24, 2.45) is 12.5 Å². The van der Waals surface area contributed by atoms with Crippen LogP contribution in [0.4, 0.5) is 0 Å². The highest BCUT2D eigenvalue weighted by Gasteiger charge is 2.26. The molecule has 1 amide bonds. The number of amides is 1. The first-order valence-corrected chi connectivity index (χ1v) is 5.95. The maximum absolute atomic E-state index is 11.8. The highest BCUT2D eigenvalue weighted by Crippen LogP contribution is 2.24. The van der Waals surface area contributed by atoms with Crippen LogP contribution in [0.2, 0.25) is 0 Å². The Hall–Kier alpha value is -1.36. The van der Waals surface area contributed by atoms with Crippen molar-refractivity contribution in [2.45, 2.75) is 26.7 Å². The highest BCUT2D eigenvalue weighted by molar-refractivity contribution is 5.92. The molecule has 0 aliphatic carbocycles. The molecule has 0 unspecified atom stereocenters. The molecule has 17 heavy (non-hydrogen) atoms. The number of rotatable bonds is 6. The lowest BCUT2D eigenvalue weighted by Crippen LogP contribution is -2.39. The van der Waals surface area contributed by atoms with Crippen LogP contribution in [-0.2, 0) is 7.05 Å². The lowest BCUT2D eigenvalue weighted by atomic mass is 9.83. The van der Waals surface area contributed by atoms with Gasteiger partial charge in [0, 0.05) is 25.2 Å². The fraction of sp³-hybridized carbons (Fsp3) is 0.667. The Labute approximate surface area is 102 Å². The Morgan fingerprint density at radius 1 is 1.53 bits per heavy atom. The van der Waals surface area contributed by atoms with E-state index in [0.29, 0.717) is 12.2 Å². The number of nitrogens with zero attached hydrogens (tertiary/aromatic N) is 2. The van der Waals surface area contributed by atoms with Crippen LogP contribution in [0, 0.1) is 5.41 Å². The Bertz CT molecular complexity index is 361. The van der Waals surface area contributed by atoms with E-state index in [0.717, 1.165) is 12.8 Å². The number of carbonyl (C=O) groups excluding carboxylic acids is 1. The summed E-state index contributed by atoms with van der Waals surface area (Å²) in [6, 6.07) is 1.67. The maximum atomic E-state index is 11.8. The van der Waals surface area contributed by atoms with Gasteiger partial charge >= 0.3 is 0 Å². The minimum absolute atomic E-state index is 0.0858. The van der Waals surface area contributed by atoms with Crippen molar-refractivity contribution >= 4 is 5.91 Å². The molecule has 96 valence electrons. The van der Waals surface area contributed by atoms with E-state index >= 15 is 0 Å². The molecule has 0 fully saturated rings. The summed E-state index contributed by atoms with van der Waals surface area (Å²) in [5, 5.41) is 16.3. The van der Waals surface area contributed by atoms with Crippen LogP contribution < -0.4 is 5.32 Å². The van der Waals surface area contributed by atoms with Gasteiger partial charge in [-0.2, -0.15) is 5.10 Å². The van der Waals surface area contributed by atoms with Crippen LogP contribution in [0.5, 0.6) is 0 Å². The minimum Gasteiger partial charge on any atom is -0.396 e. The number of aryl methyl sites for hydroxylation is 1. The van der Waals surface area contributed by atoms with E-state index < -0.39 is 0 Å². The molecule has 0 saturated heterocycles. The Balaban J connectivity index is 2.58. The lowest BCUT2D eigenvalue weighted by molar-refractivity contribution is 0.0846. The quantitative estimate of drug-likeness (QED) is 0.776. The summed E-state index contributed by atoms with van der Waals surface area (Å²) < 4.78 is 1.59. The second kappa shape index (κ2) is 5.82. The molecular weight excluding hydrogens is 218 g/mol. The summed E-state index contributed by atoms with van der Waals surface area (Å²) in [7, 11) is 1.77. The molecule has 1 heterocycles. The number of hydrogen-bond donors (Lipinski definition) is 2. The monoisotopic (exact) mass is 239 g/mol. The first-order valence-electron chi connectivity index (χ1n) is 5.95. The van der Waals surface area contributed by atoms with Crippen molar-refractivity contribution < 1.29 is 9.90 Å². The summed E-state index contributed by atoms with van der Waals surface area (Å²) >= 11 is 0. The molecule has 0 aliphatic heterocycles. The van der Waals surface area contributed by atoms with Crippen LogP contribution in [0.3, 0.4) is 0 Å². The minimum atomic E-state index is -0.218. The van der Waals surface area contributed by atoms with Gasteiger partial charge in [0.15, 0.2) is 0 Å². The van der Waals surface area contributed by atoms with Gasteiger partial charge in [-0.15, -0.1) is 0 Å². The Morgan fingerprint density at radius 2 is 2.18 bits per heavy atom. The van der Waals surface area contributed by atoms with Gasteiger partial charge in [0.25, 0.3) is 5.91 Å². The van der Waals surface area contributed by atoms with Crippen LogP contribution in [-0.4, -0.2) is 33.9 Å². The van der Waals surface area contributed by atoms with Crippen molar-refractivity contribution in [2.75, 3.05) is 13.2 Å². The third-order valence-electron chi connectivity index (χ3n) is 3.41. The van der Waals surface area contributed by atoms with Crippen molar-refractivity contribution in [3.8, 4) is 0 Å². The Morgan fingerprint density at radius 3 is 2.59 bits per heavy atom. The molecule has 1 aromatic rings. The average molecular weight is 239 g/mol. The number of aromatic nitrogens is 2. The fourth-order valence-electron chi connectivity index (χ4n) is 1.67. The van der Waals surface area contributed by atoms with Gasteiger partial charge in [0.1, 0.15) is 5.69 Å². The third kappa shape index (κ3) is 3.30. The maximum Gasteiger partial charge on any atom is 0.271 e. The smallest absolute Gasteiger partial charge is 0.271 e. The van der Waals surface area contributed by atoms with Gasteiger partial charge in [0.2, 0.25) is 0 Å². The molecule has 1 rings (SSSR count). The number of aliphatic hydroxyl groups is 1. The summed E-state index contributed by atoms with van der Waals surface area (Å²) in [6.07, 6.45) is 3.40. The van der Waals surface area contributed by atoms with E-state index in [1.807, 2.05) is 13.8 Å². The highest BCUT2D eigenvalue weighted by atomic mass is 16.3. The summed E-state index contributed by atoms with van der Waals surface area (Å²) in [6.45, 7) is 4.60. The number of nitrogens with one attached hydrogen (secondary N) is 1. The SMILES string of the molecule is CCC(CC)(CO)CNC(=O)c1ccn(C)n1. The first-order chi connectivity index (χ1) is 8.06. The molecule has 1 aromatic heterocycles. The number of hydrogen-bond acceptors (Lipinski definition) is 3. The predicted octanol–water partition coefficient (Wildman–Crippen LogP) is 0.949. The zero-order valence-corrected chi connectivity index (χ0v) is 10.7. The van der Waals surface area contributed by atoms with Gasteiger partial charge in [-0.1, -0.05) is 13.8 Å². The molecule has 5 nitrogen and oxygen atoms in total. The predicted molar refractivity (Wildman–Crippen MR) is 65.6 cm³/mol. The normalized spacial score (nSPS) is 11.5. The average Bonchev–Trinajstić information content (AvgIpc) is 2.78. The second-order valence-corrected chi connectivity index (χ2v) is 4.42. The van der Waals surface area contributed by atoms with E-state index in [1.54, 1.807) is 24.0 Å². The van der Waals surface area contributed by atoms with Gasteiger partial charge < -0.3 is 10.4 Å².